The second-order valence-electron chi connectivity index (χ2n) is 5.24. The fourth-order valence-corrected chi connectivity index (χ4v) is 3.73. The molecule has 0 atom stereocenters. The summed E-state index contributed by atoms with van der Waals surface area (Å²) in [5.41, 5.74) is 2.82. The van der Waals surface area contributed by atoms with E-state index >= 15 is 0 Å². The smallest absolute Gasteiger partial charge is 0.261 e. The molecule has 23 heavy (non-hydrogen) atoms. The van der Waals surface area contributed by atoms with Crippen LogP contribution < -0.4 is 10.0 Å². The van der Waals surface area contributed by atoms with Gasteiger partial charge in [0.1, 0.15) is 0 Å². The molecule has 1 aliphatic rings. The van der Waals surface area contributed by atoms with E-state index in [1.807, 2.05) is 0 Å². The van der Waals surface area contributed by atoms with Gasteiger partial charge in [-0.2, -0.15) is 0 Å². The van der Waals surface area contributed by atoms with Crippen LogP contribution in [-0.4, -0.2) is 26.6 Å². The zero-order chi connectivity index (χ0) is 16.4. The zero-order valence-electron chi connectivity index (χ0n) is 12.2. The minimum absolute atomic E-state index is 0.103. The van der Waals surface area contributed by atoms with E-state index in [0.29, 0.717) is 11.3 Å². The highest BCUT2D eigenvalue weighted by molar-refractivity contribution is 7.92. The van der Waals surface area contributed by atoms with Crippen molar-refractivity contribution in [3.8, 4) is 0 Å². The molecule has 2 aromatic rings. The van der Waals surface area contributed by atoms with Crippen molar-refractivity contribution in [3.05, 3.63) is 53.6 Å². The summed E-state index contributed by atoms with van der Waals surface area (Å²) in [5, 5.41) is 3.19. The Morgan fingerprint density at radius 1 is 1.17 bits per heavy atom. The number of rotatable bonds is 5. The van der Waals surface area contributed by atoms with Crippen molar-refractivity contribution in [2.75, 3.05) is 22.5 Å². The molecule has 0 aliphatic carbocycles. The molecule has 0 saturated carbocycles. The monoisotopic (exact) mass is 350 g/mol. The molecule has 0 radical (unpaired) electrons. The van der Waals surface area contributed by atoms with E-state index in [0.717, 1.165) is 24.2 Å². The van der Waals surface area contributed by atoms with Gasteiger partial charge in [0.2, 0.25) is 0 Å². The highest BCUT2D eigenvalue weighted by atomic mass is 35.5. The molecule has 7 heteroatoms. The number of fused-ring (bicyclic) bond motifs is 1. The molecule has 0 amide bonds. The van der Waals surface area contributed by atoms with Crippen molar-refractivity contribution < 1.29 is 13.2 Å². The van der Waals surface area contributed by atoms with E-state index in [1.165, 1.54) is 0 Å². The maximum atomic E-state index is 12.5. The first kappa shape index (κ1) is 15.8. The summed E-state index contributed by atoms with van der Waals surface area (Å²) in [4.78, 5) is 11.7. The van der Waals surface area contributed by atoms with Crippen molar-refractivity contribution in [3.63, 3.8) is 0 Å². The van der Waals surface area contributed by atoms with Crippen LogP contribution in [-0.2, 0) is 16.4 Å². The van der Waals surface area contributed by atoms with Crippen LogP contribution in [0, 0.1) is 0 Å². The fraction of sp³-hybridized carbons (Fsp3) is 0.188. The Morgan fingerprint density at radius 2 is 1.91 bits per heavy atom. The van der Waals surface area contributed by atoms with Crippen molar-refractivity contribution in [2.45, 2.75) is 11.3 Å². The van der Waals surface area contributed by atoms with Crippen LogP contribution >= 0.6 is 11.6 Å². The quantitative estimate of drug-likeness (QED) is 0.642. The number of Topliss-reactive ketones (excluding diaryl/α,β-unsaturated/α-hetero) is 1. The van der Waals surface area contributed by atoms with E-state index in [-0.39, 0.29) is 16.6 Å². The van der Waals surface area contributed by atoms with Crippen LogP contribution in [0.5, 0.6) is 0 Å². The fourth-order valence-electron chi connectivity index (χ4n) is 2.46. The van der Waals surface area contributed by atoms with Gasteiger partial charge in [0.15, 0.2) is 5.78 Å². The van der Waals surface area contributed by atoms with E-state index < -0.39 is 10.0 Å². The summed E-state index contributed by atoms with van der Waals surface area (Å²) in [5.74, 6) is -0.305. The number of hydrogen-bond acceptors (Lipinski definition) is 4. The first-order chi connectivity index (χ1) is 11.0. The second kappa shape index (κ2) is 6.22. The van der Waals surface area contributed by atoms with Gasteiger partial charge in [-0.15, -0.1) is 11.6 Å². The molecule has 3 rings (SSSR count). The summed E-state index contributed by atoms with van der Waals surface area (Å²) in [6.45, 7) is 0.822. The Hall–Kier alpha value is -2.05. The highest BCUT2D eigenvalue weighted by Crippen LogP contribution is 2.26. The lowest BCUT2D eigenvalue weighted by molar-refractivity contribution is 0.102. The Kier molecular flexibility index (Phi) is 4.28. The van der Waals surface area contributed by atoms with Gasteiger partial charge in [-0.05, 0) is 54.4 Å². The average Bonchev–Trinajstić information content (AvgIpc) is 3.02. The molecule has 2 aromatic carbocycles. The molecule has 0 bridgehead atoms. The Labute approximate surface area is 139 Å². The summed E-state index contributed by atoms with van der Waals surface area (Å²) in [6, 6.07) is 11.2. The zero-order valence-corrected chi connectivity index (χ0v) is 13.7. The van der Waals surface area contributed by atoms with Crippen molar-refractivity contribution in [1.29, 1.82) is 0 Å². The number of halogens is 1. The molecular formula is C16H15ClN2O3S. The number of hydrogen-bond donors (Lipinski definition) is 2. The molecule has 0 spiro atoms. The highest BCUT2D eigenvalue weighted by Gasteiger charge is 2.18. The topological polar surface area (TPSA) is 75.3 Å². The van der Waals surface area contributed by atoms with Crippen molar-refractivity contribution in [2.24, 2.45) is 0 Å². The van der Waals surface area contributed by atoms with E-state index in [1.54, 1.807) is 42.5 Å². The van der Waals surface area contributed by atoms with Gasteiger partial charge < -0.3 is 5.32 Å². The van der Waals surface area contributed by atoms with Gasteiger partial charge in [0.25, 0.3) is 10.0 Å². The van der Waals surface area contributed by atoms with Crippen molar-refractivity contribution in [1.82, 2.24) is 0 Å². The second-order valence-corrected chi connectivity index (χ2v) is 7.19. The Bertz CT molecular complexity index is 848. The van der Waals surface area contributed by atoms with Gasteiger partial charge in [-0.1, -0.05) is 0 Å². The van der Waals surface area contributed by atoms with Crippen LogP contribution in [0.1, 0.15) is 15.9 Å². The van der Waals surface area contributed by atoms with Crippen LogP contribution in [0.15, 0.2) is 47.4 Å². The number of carbonyl (C=O) groups excluding carboxylic acids is 1. The lowest BCUT2D eigenvalue weighted by Gasteiger charge is -2.10. The van der Waals surface area contributed by atoms with Gasteiger partial charge in [0, 0.05) is 23.5 Å². The van der Waals surface area contributed by atoms with E-state index in [4.69, 9.17) is 11.6 Å². The number of carbonyl (C=O) groups is 1. The first-order valence-electron chi connectivity index (χ1n) is 7.08. The van der Waals surface area contributed by atoms with Gasteiger partial charge in [-0.3, -0.25) is 9.52 Å². The number of benzene rings is 2. The molecule has 0 unspecified atom stereocenters. The van der Waals surface area contributed by atoms with Crippen LogP contribution in [0.4, 0.5) is 11.4 Å². The molecule has 1 heterocycles. The number of anilines is 2. The average molecular weight is 351 g/mol. The van der Waals surface area contributed by atoms with Crippen molar-refractivity contribution >= 4 is 38.8 Å². The first-order valence-corrected chi connectivity index (χ1v) is 9.10. The van der Waals surface area contributed by atoms with Crippen LogP contribution in [0.25, 0.3) is 0 Å². The normalized spacial score (nSPS) is 13.3. The van der Waals surface area contributed by atoms with Crippen LogP contribution in [0.2, 0.25) is 0 Å². The maximum Gasteiger partial charge on any atom is 0.261 e. The minimum Gasteiger partial charge on any atom is -0.384 e. The molecule has 0 saturated heterocycles. The van der Waals surface area contributed by atoms with E-state index in [9.17, 15) is 13.2 Å². The summed E-state index contributed by atoms with van der Waals surface area (Å²) >= 11 is 5.49. The number of sulfonamides is 1. The predicted octanol–water partition coefficient (Wildman–Crippen LogP) is 2.88. The number of ketones is 1. The SMILES string of the molecule is O=C(CCl)c1ccc(NS(=O)(=O)c2ccc3c(c2)CCN3)cc1. The maximum absolute atomic E-state index is 12.5. The summed E-state index contributed by atoms with van der Waals surface area (Å²) in [6.07, 6.45) is 0.813. The standard InChI is InChI=1S/C16H15ClN2O3S/c17-10-16(20)11-1-3-13(4-2-11)19-23(21,22)14-5-6-15-12(9-14)7-8-18-15/h1-6,9,18-19H,7-8,10H2. The summed E-state index contributed by atoms with van der Waals surface area (Å²) < 4.78 is 27.4. The van der Waals surface area contributed by atoms with Gasteiger partial charge in [-0.25, -0.2) is 8.42 Å². The molecular weight excluding hydrogens is 336 g/mol. The third kappa shape index (κ3) is 3.33. The van der Waals surface area contributed by atoms with Gasteiger partial charge >= 0.3 is 0 Å². The molecule has 5 nitrogen and oxygen atoms in total. The molecule has 2 N–H and O–H groups in total. The third-order valence-corrected chi connectivity index (χ3v) is 5.30. The molecule has 120 valence electrons. The van der Waals surface area contributed by atoms with Crippen LogP contribution in [0.3, 0.4) is 0 Å². The molecule has 1 aliphatic heterocycles. The van der Waals surface area contributed by atoms with Gasteiger partial charge in [0.05, 0.1) is 10.8 Å². The lowest BCUT2D eigenvalue weighted by Crippen LogP contribution is -2.13. The predicted molar refractivity (Wildman–Crippen MR) is 90.9 cm³/mol. The molecule has 0 fully saturated rings. The number of alkyl halides is 1. The minimum atomic E-state index is -3.66. The largest absolute Gasteiger partial charge is 0.384 e. The number of nitrogens with one attached hydrogen (secondary N) is 2. The Balaban J connectivity index is 1.82. The lowest BCUT2D eigenvalue weighted by atomic mass is 10.1. The molecule has 0 aromatic heterocycles. The Morgan fingerprint density at radius 3 is 2.61 bits per heavy atom. The third-order valence-electron chi connectivity index (χ3n) is 3.68. The summed E-state index contributed by atoms with van der Waals surface area (Å²) in [7, 11) is -3.66. The van der Waals surface area contributed by atoms with E-state index in [2.05, 4.69) is 10.0 Å².